The summed E-state index contributed by atoms with van der Waals surface area (Å²) in [6.45, 7) is 0. The molecule has 0 bridgehead atoms. The van der Waals surface area contributed by atoms with Gasteiger partial charge in [0.25, 0.3) is 0 Å². The largest absolute Gasteiger partial charge is 0.496 e. The maximum Gasteiger partial charge on any atom is 0.337 e. The van der Waals surface area contributed by atoms with Gasteiger partial charge >= 0.3 is 11.9 Å². The molecule has 5 nitrogen and oxygen atoms in total. The summed E-state index contributed by atoms with van der Waals surface area (Å²) < 4.78 is 5.10. The molecule has 0 aliphatic heterocycles. The Morgan fingerprint density at radius 3 is 2.17 bits per heavy atom. The van der Waals surface area contributed by atoms with Gasteiger partial charge in [0.1, 0.15) is 5.75 Å². The van der Waals surface area contributed by atoms with E-state index in [0.717, 1.165) is 0 Å². The fourth-order valence-corrected chi connectivity index (χ4v) is 1.91. The monoisotopic (exact) mass is 246 g/mol. The fourth-order valence-electron chi connectivity index (χ4n) is 1.91. The zero-order chi connectivity index (χ0) is 13.3. The van der Waals surface area contributed by atoms with Crippen molar-refractivity contribution in [3.05, 3.63) is 41.5 Å². The van der Waals surface area contributed by atoms with E-state index in [0.29, 0.717) is 16.5 Å². The van der Waals surface area contributed by atoms with Gasteiger partial charge in [0.2, 0.25) is 0 Å². The molecule has 0 aliphatic carbocycles. The Bertz CT molecular complexity index is 645. The Morgan fingerprint density at radius 2 is 1.67 bits per heavy atom. The highest BCUT2D eigenvalue weighted by molar-refractivity contribution is 6.13. The lowest BCUT2D eigenvalue weighted by Gasteiger charge is -2.10. The Kier molecular flexibility index (Phi) is 2.89. The first kappa shape index (κ1) is 11.9. The van der Waals surface area contributed by atoms with Gasteiger partial charge in [-0.15, -0.1) is 0 Å². The quantitative estimate of drug-likeness (QED) is 0.867. The Labute approximate surface area is 102 Å². The van der Waals surface area contributed by atoms with Gasteiger partial charge in [0.15, 0.2) is 0 Å². The minimum Gasteiger partial charge on any atom is -0.496 e. The number of fused-ring (bicyclic) bond motifs is 1. The molecule has 0 radical (unpaired) electrons. The number of carboxylic acids is 2. The first-order valence-corrected chi connectivity index (χ1v) is 5.12. The number of methoxy groups -OCH3 is 1. The van der Waals surface area contributed by atoms with Crippen LogP contribution in [0, 0.1) is 0 Å². The zero-order valence-corrected chi connectivity index (χ0v) is 9.51. The minimum absolute atomic E-state index is 0.223. The lowest BCUT2D eigenvalue weighted by Crippen LogP contribution is -2.09. The third-order valence-corrected chi connectivity index (χ3v) is 2.67. The topological polar surface area (TPSA) is 83.8 Å². The molecule has 5 heteroatoms. The number of rotatable bonds is 3. The van der Waals surface area contributed by atoms with Crippen molar-refractivity contribution in [3.8, 4) is 5.75 Å². The molecule has 0 spiro atoms. The van der Waals surface area contributed by atoms with Crippen LogP contribution in [0.3, 0.4) is 0 Å². The van der Waals surface area contributed by atoms with Crippen molar-refractivity contribution in [2.45, 2.75) is 0 Å². The number of carbonyl (C=O) groups is 2. The van der Waals surface area contributed by atoms with Crippen LogP contribution in [-0.4, -0.2) is 29.3 Å². The summed E-state index contributed by atoms with van der Waals surface area (Å²) in [5, 5.41) is 19.2. The normalized spacial score (nSPS) is 10.3. The van der Waals surface area contributed by atoms with Gasteiger partial charge in [-0.05, 0) is 6.07 Å². The van der Waals surface area contributed by atoms with E-state index in [4.69, 9.17) is 9.84 Å². The van der Waals surface area contributed by atoms with E-state index in [9.17, 15) is 14.7 Å². The summed E-state index contributed by atoms with van der Waals surface area (Å²) in [4.78, 5) is 22.4. The van der Waals surface area contributed by atoms with Crippen LogP contribution in [0.15, 0.2) is 30.3 Å². The molecule has 0 aliphatic rings. The van der Waals surface area contributed by atoms with E-state index < -0.39 is 11.9 Å². The lowest BCUT2D eigenvalue weighted by atomic mass is 9.98. The highest BCUT2D eigenvalue weighted by Gasteiger charge is 2.21. The molecule has 2 aromatic rings. The predicted octanol–water partition coefficient (Wildman–Crippen LogP) is 2.24. The number of aromatic carboxylic acids is 2. The van der Waals surface area contributed by atoms with Crippen molar-refractivity contribution >= 4 is 22.7 Å². The van der Waals surface area contributed by atoms with Gasteiger partial charge in [-0.1, -0.05) is 24.3 Å². The van der Waals surface area contributed by atoms with Gasteiger partial charge < -0.3 is 14.9 Å². The number of hydrogen-bond acceptors (Lipinski definition) is 3. The summed E-state index contributed by atoms with van der Waals surface area (Å²) in [5.74, 6) is -2.23. The van der Waals surface area contributed by atoms with Crippen LogP contribution in [0.5, 0.6) is 5.75 Å². The SMILES string of the molecule is COc1cc(C(=O)O)c(C(=O)O)c2ccccc12. The second-order valence-corrected chi connectivity index (χ2v) is 3.66. The Balaban J connectivity index is 2.97. The third-order valence-electron chi connectivity index (χ3n) is 2.67. The van der Waals surface area contributed by atoms with Crippen LogP contribution in [0.25, 0.3) is 10.8 Å². The van der Waals surface area contributed by atoms with Crippen molar-refractivity contribution in [2.75, 3.05) is 7.11 Å². The highest BCUT2D eigenvalue weighted by Crippen LogP contribution is 2.31. The van der Waals surface area contributed by atoms with E-state index >= 15 is 0 Å². The van der Waals surface area contributed by atoms with Crippen LogP contribution in [0.4, 0.5) is 0 Å². The molecule has 2 N–H and O–H groups in total. The summed E-state index contributed by atoms with van der Waals surface area (Å²) in [5.41, 5.74) is -0.503. The Hall–Kier alpha value is -2.56. The van der Waals surface area contributed by atoms with Crippen LogP contribution in [0.1, 0.15) is 20.7 Å². The van der Waals surface area contributed by atoms with Gasteiger partial charge in [-0.2, -0.15) is 0 Å². The van der Waals surface area contributed by atoms with Gasteiger partial charge in [0, 0.05) is 10.8 Å². The standard InChI is InChI=1S/C13H10O5/c1-18-10-6-9(12(14)15)11(13(16)17)8-5-3-2-4-7(8)10/h2-6H,1H3,(H,14,15)(H,16,17). The molecule has 0 amide bonds. The van der Waals surface area contributed by atoms with Gasteiger partial charge in [0.05, 0.1) is 18.2 Å². The molecule has 92 valence electrons. The van der Waals surface area contributed by atoms with Crippen LogP contribution in [0.2, 0.25) is 0 Å². The molecular weight excluding hydrogens is 236 g/mol. The van der Waals surface area contributed by atoms with E-state index in [1.807, 2.05) is 0 Å². The summed E-state index contributed by atoms with van der Waals surface area (Å²) in [6, 6.07) is 7.87. The number of ether oxygens (including phenoxy) is 1. The third kappa shape index (κ3) is 1.75. The fraction of sp³-hybridized carbons (Fsp3) is 0.0769. The first-order chi connectivity index (χ1) is 8.56. The molecular formula is C13H10O5. The molecule has 0 fully saturated rings. The second-order valence-electron chi connectivity index (χ2n) is 3.66. The van der Waals surface area contributed by atoms with Crippen LogP contribution in [-0.2, 0) is 0 Å². The zero-order valence-electron chi connectivity index (χ0n) is 9.51. The van der Waals surface area contributed by atoms with Gasteiger partial charge in [-0.3, -0.25) is 0 Å². The molecule has 0 aromatic heterocycles. The van der Waals surface area contributed by atoms with E-state index in [2.05, 4.69) is 0 Å². The van der Waals surface area contributed by atoms with E-state index in [1.54, 1.807) is 24.3 Å². The predicted molar refractivity (Wildman–Crippen MR) is 64.4 cm³/mol. The summed E-state index contributed by atoms with van der Waals surface area (Å²) in [6.07, 6.45) is 0. The molecule has 2 rings (SSSR count). The first-order valence-electron chi connectivity index (χ1n) is 5.12. The molecule has 0 atom stereocenters. The molecule has 0 saturated heterocycles. The number of hydrogen-bond donors (Lipinski definition) is 2. The minimum atomic E-state index is -1.29. The van der Waals surface area contributed by atoms with Crippen molar-refractivity contribution in [1.29, 1.82) is 0 Å². The smallest absolute Gasteiger partial charge is 0.337 e. The summed E-state index contributed by atoms with van der Waals surface area (Å²) in [7, 11) is 1.41. The van der Waals surface area contributed by atoms with Crippen molar-refractivity contribution in [3.63, 3.8) is 0 Å². The maximum absolute atomic E-state index is 11.2. The number of carboxylic acid groups (broad SMARTS) is 2. The van der Waals surface area contributed by atoms with Crippen LogP contribution < -0.4 is 4.74 Å². The molecule has 2 aromatic carbocycles. The molecule has 0 heterocycles. The van der Waals surface area contributed by atoms with E-state index in [1.165, 1.54) is 13.2 Å². The summed E-state index contributed by atoms with van der Waals surface area (Å²) >= 11 is 0. The van der Waals surface area contributed by atoms with Crippen molar-refractivity contribution in [2.24, 2.45) is 0 Å². The van der Waals surface area contributed by atoms with Gasteiger partial charge in [-0.25, -0.2) is 9.59 Å². The Morgan fingerprint density at radius 1 is 1.06 bits per heavy atom. The maximum atomic E-state index is 11.2. The lowest BCUT2D eigenvalue weighted by molar-refractivity contribution is 0.0653. The van der Waals surface area contributed by atoms with Crippen LogP contribution >= 0.6 is 0 Å². The number of benzene rings is 2. The molecule has 18 heavy (non-hydrogen) atoms. The average Bonchev–Trinajstić information content (AvgIpc) is 2.36. The molecule has 0 saturated carbocycles. The highest BCUT2D eigenvalue weighted by atomic mass is 16.5. The average molecular weight is 246 g/mol. The van der Waals surface area contributed by atoms with Crippen molar-refractivity contribution < 1.29 is 24.5 Å². The van der Waals surface area contributed by atoms with E-state index in [-0.39, 0.29) is 11.1 Å². The molecule has 0 unspecified atom stereocenters. The van der Waals surface area contributed by atoms with Crippen molar-refractivity contribution in [1.82, 2.24) is 0 Å². The second kappa shape index (κ2) is 4.37.